The number of nitrogens with one attached hydrogen (secondary N) is 1. The molecule has 3 aromatic rings. The van der Waals surface area contributed by atoms with Crippen molar-refractivity contribution >= 4 is 33.3 Å². The fourth-order valence-electron chi connectivity index (χ4n) is 2.69. The molecule has 10 heteroatoms. The Balaban J connectivity index is 1.70. The van der Waals surface area contributed by atoms with E-state index in [1.54, 1.807) is 30.5 Å². The van der Waals surface area contributed by atoms with Crippen LogP contribution in [0.1, 0.15) is 41.7 Å². The van der Waals surface area contributed by atoms with Gasteiger partial charge in [-0.25, -0.2) is 8.42 Å². The summed E-state index contributed by atoms with van der Waals surface area (Å²) in [4.78, 5) is 12.5. The van der Waals surface area contributed by atoms with E-state index in [-0.39, 0.29) is 17.5 Å². The number of rotatable bonds is 9. The molecule has 0 aliphatic rings. The van der Waals surface area contributed by atoms with Crippen LogP contribution in [-0.2, 0) is 16.6 Å². The zero-order valence-corrected chi connectivity index (χ0v) is 18.0. The van der Waals surface area contributed by atoms with Crippen LogP contribution in [0.25, 0.3) is 0 Å². The first-order valence-corrected chi connectivity index (χ1v) is 11.8. The van der Waals surface area contributed by atoms with E-state index in [2.05, 4.69) is 14.9 Å². The summed E-state index contributed by atoms with van der Waals surface area (Å²) in [5.74, 6) is 1.89. The average molecular weight is 435 g/mol. The van der Waals surface area contributed by atoms with Crippen molar-refractivity contribution in [3.05, 3.63) is 59.8 Å². The van der Waals surface area contributed by atoms with Crippen LogP contribution in [0.2, 0.25) is 0 Å². The second-order valence-corrected chi connectivity index (χ2v) is 9.52. The SMILES string of the molecule is CC(C)c1nnc(SCC(=O)c2ccc(NS(C)(=O)=O)cc2)n1Cc1ccco1. The lowest BCUT2D eigenvalue weighted by atomic mass is 10.1. The summed E-state index contributed by atoms with van der Waals surface area (Å²) in [6, 6.07) is 10.0. The largest absolute Gasteiger partial charge is 0.467 e. The van der Waals surface area contributed by atoms with Gasteiger partial charge in [-0.2, -0.15) is 0 Å². The lowest BCUT2D eigenvalue weighted by molar-refractivity contribution is 0.102. The van der Waals surface area contributed by atoms with Gasteiger partial charge in [0, 0.05) is 17.2 Å². The number of hydrogen-bond donors (Lipinski definition) is 1. The number of furan rings is 1. The van der Waals surface area contributed by atoms with E-state index < -0.39 is 10.0 Å². The summed E-state index contributed by atoms with van der Waals surface area (Å²) in [5.41, 5.74) is 0.911. The Morgan fingerprint density at radius 3 is 2.52 bits per heavy atom. The van der Waals surface area contributed by atoms with E-state index in [1.165, 1.54) is 11.8 Å². The van der Waals surface area contributed by atoms with Gasteiger partial charge in [-0.1, -0.05) is 25.6 Å². The van der Waals surface area contributed by atoms with Gasteiger partial charge in [-0.05, 0) is 36.4 Å². The Kier molecular flexibility index (Phi) is 6.43. The average Bonchev–Trinajstić information content (AvgIpc) is 3.29. The molecule has 0 saturated carbocycles. The van der Waals surface area contributed by atoms with Crippen LogP contribution in [0.4, 0.5) is 5.69 Å². The number of nitrogens with zero attached hydrogens (tertiary/aromatic N) is 3. The first-order valence-electron chi connectivity index (χ1n) is 8.92. The Bertz CT molecular complexity index is 1070. The molecule has 1 aromatic carbocycles. The predicted molar refractivity (Wildman–Crippen MR) is 112 cm³/mol. The predicted octanol–water partition coefficient (Wildman–Crippen LogP) is 3.39. The van der Waals surface area contributed by atoms with Crippen LogP contribution in [0, 0.1) is 0 Å². The third-order valence-electron chi connectivity index (χ3n) is 4.00. The smallest absolute Gasteiger partial charge is 0.229 e. The first-order chi connectivity index (χ1) is 13.7. The van der Waals surface area contributed by atoms with Gasteiger partial charge in [0.2, 0.25) is 10.0 Å². The first kappa shape index (κ1) is 21.1. The van der Waals surface area contributed by atoms with E-state index in [1.807, 2.05) is 30.5 Å². The van der Waals surface area contributed by atoms with E-state index >= 15 is 0 Å². The van der Waals surface area contributed by atoms with Crippen molar-refractivity contribution in [1.29, 1.82) is 0 Å². The van der Waals surface area contributed by atoms with E-state index in [4.69, 9.17) is 4.42 Å². The maximum atomic E-state index is 12.5. The fourth-order valence-corrected chi connectivity index (χ4v) is 4.10. The topological polar surface area (TPSA) is 107 Å². The number of hydrogen-bond acceptors (Lipinski definition) is 7. The van der Waals surface area contributed by atoms with Gasteiger partial charge in [-0.3, -0.25) is 14.1 Å². The highest BCUT2D eigenvalue weighted by Crippen LogP contribution is 2.24. The molecule has 3 rings (SSSR count). The number of anilines is 1. The summed E-state index contributed by atoms with van der Waals surface area (Å²) in [6.07, 6.45) is 2.69. The summed E-state index contributed by atoms with van der Waals surface area (Å²) in [7, 11) is -3.35. The zero-order chi connectivity index (χ0) is 21.0. The summed E-state index contributed by atoms with van der Waals surface area (Å²) in [5, 5.41) is 9.16. The van der Waals surface area contributed by atoms with Crippen LogP contribution in [0.3, 0.4) is 0 Å². The molecule has 0 atom stereocenters. The molecule has 29 heavy (non-hydrogen) atoms. The van der Waals surface area contributed by atoms with Gasteiger partial charge in [0.1, 0.15) is 11.6 Å². The van der Waals surface area contributed by atoms with Gasteiger partial charge in [-0.15, -0.1) is 10.2 Å². The standard InChI is InChI=1S/C19H22N4O4S2/c1-13(2)18-20-21-19(23(18)11-16-5-4-10-27-16)28-12-17(24)14-6-8-15(9-7-14)22-29(3,25)26/h4-10,13,22H,11-12H2,1-3H3. The quantitative estimate of drug-likeness (QED) is 0.406. The minimum atomic E-state index is -3.35. The molecule has 2 aromatic heterocycles. The Morgan fingerprint density at radius 1 is 1.21 bits per heavy atom. The van der Waals surface area contributed by atoms with Gasteiger partial charge < -0.3 is 4.42 Å². The molecule has 154 valence electrons. The van der Waals surface area contributed by atoms with Crippen molar-refractivity contribution in [2.75, 3.05) is 16.7 Å². The number of carbonyl (C=O) groups is 1. The van der Waals surface area contributed by atoms with E-state index in [0.29, 0.717) is 23.0 Å². The third-order valence-corrected chi connectivity index (χ3v) is 5.57. The van der Waals surface area contributed by atoms with Crippen molar-refractivity contribution in [1.82, 2.24) is 14.8 Å². The van der Waals surface area contributed by atoms with Crippen molar-refractivity contribution in [2.24, 2.45) is 0 Å². The maximum absolute atomic E-state index is 12.5. The Labute approximate surface area is 173 Å². The minimum absolute atomic E-state index is 0.0837. The molecular formula is C19H22N4O4S2. The highest BCUT2D eigenvalue weighted by molar-refractivity contribution is 7.99. The molecule has 0 unspecified atom stereocenters. The number of Topliss-reactive ketones (excluding diaryl/α,β-unsaturated/α-hetero) is 1. The third kappa shape index (κ3) is 5.70. The fraction of sp³-hybridized carbons (Fsp3) is 0.316. The Morgan fingerprint density at radius 2 is 1.93 bits per heavy atom. The molecule has 0 amide bonds. The van der Waals surface area contributed by atoms with Crippen molar-refractivity contribution in [2.45, 2.75) is 31.5 Å². The number of sulfonamides is 1. The second kappa shape index (κ2) is 8.83. The molecule has 1 N–H and O–H groups in total. The minimum Gasteiger partial charge on any atom is -0.467 e. The van der Waals surface area contributed by atoms with Gasteiger partial charge in [0.15, 0.2) is 10.9 Å². The molecule has 8 nitrogen and oxygen atoms in total. The number of thioether (sulfide) groups is 1. The van der Waals surface area contributed by atoms with Gasteiger partial charge >= 0.3 is 0 Å². The molecule has 0 fully saturated rings. The monoisotopic (exact) mass is 434 g/mol. The molecular weight excluding hydrogens is 412 g/mol. The highest BCUT2D eigenvalue weighted by atomic mass is 32.2. The van der Waals surface area contributed by atoms with Crippen LogP contribution >= 0.6 is 11.8 Å². The number of benzene rings is 1. The highest BCUT2D eigenvalue weighted by Gasteiger charge is 2.18. The molecule has 0 aliphatic heterocycles. The summed E-state index contributed by atoms with van der Waals surface area (Å²) in [6.45, 7) is 4.57. The summed E-state index contributed by atoms with van der Waals surface area (Å²) < 4.78 is 32.3. The Hall–Kier alpha value is -2.59. The molecule has 0 bridgehead atoms. The van der Waals surface area contributed by atoms with Crippen LogP contribution < -0.4 is 4.72 Å². The number of carbonyl (C=O) groups excluding carboxylic acids is 1. The van der Waals surface area contributed by atoms with Gasteiger partial charge in [0.25, 0.3) is 0 Å². The van der Waals surface area contributed by atoms with Crippen molar-refractivity contribution < 1.29 is 17.6 Å². The van der Waals surface area contributed by atoms with Crippen LogP contribution in [0.5, 0.6) is 0 Å². The van der Waals surface area contributed by atoms with Crippen LogP contribution in [0.15, 0.2) is 52.2 Å². The number of ketones is 1. The molecule has 0 saturated heterocycles. The molecule has 0 spiro atoms. The summed E-state index contributed by atoms with van der Waals surface area (Å²) >= 11 is 1.31. The van der Waals surface area contributed by atoms with E-state index in [0.717, 1.165) is 17.8 Å². The maximum Gasteiger partial charge on any atom is 0.229 e. The number of aromatic nitrogens is 3. The van der Waals surface area contributed by atoms with Crippen LogP contribution in [-0.4, -0.2) is 41.0 Å². The second-order valence-electron chi connectivity index (χ2n) is 6.82. The lowest BCUT2D eigenvalue weighted by Crippen LogP contribution is -2.10. The molecule has 0 radical (unpaired) electrons. The van der Waals surface area contributed by atoms with Gasteiger partial charge in [0.05, 0.1) is 24.8 Å². The molecule has 0 aliphatic carbocycles. The zero-order valence-electron chi connectivity index (χ0n) is 16.3. The lowest BCUT2D eigenvalue weighted by Gasteiger charge is -2.10. The van der Waals surface area contributed by atoms with E-state index in [9.17, 15) is 13.2 Å². The molecule has 2 heterocycles. The normalized spacial score (nSPS) is 11.7. The van der Waals surface area contributed by atoms with Crippen molar-refractivity contribution in [3.63, 3.8) is 0 Å². The van der Waals surface area contributed by atoms with Crippen molar-refractivity contribution in [3.8, 4) is 0 Å².